The first kappa shape index (κ1) is 22.7. The number of aromatic nitrogens is 1. The van der Waals surface area contributed by atoms with Crippen LogP contribution in [0.3, 0.4) is 0 Å². The van der Waals surface area contributed by atoms with E-state index < -0.39 is 12.2 Å². The molecule has 0 radical (unpaired) electrons. The number of carbonyl (C=O) groups is 1. The quantitative estimate of drug-likeness (QED) is 0.571. The smallest absolute Gasteiger partial charge is 0.309 e. The molecule has 170 valence electrons. The molecule has 1 aromatic heterocycles. The lowest BCUT2D eigenvalue weighted by molar-refractivity contribution is -0.156. The van der Waals surface area contributed by atoms with Gasteiger partial charge in [0.15, 0.2) is 0 Å². The van der Waals surface area contributed by atoms with Gasteiger partial charge in [-0.25, -0.2) is 4.39 Å². The van der Waals surface area contributed by atoms with Crippen molar-refractivity contribution in [2.45, 2.75) is 82.8 Å². The number of aliphatic hydroxyl groups is 1. The molecule has 2 aliphatic rings. The third kappa shape index (κ3) is 5.26. The fraction of sp³-hybridized carbons (Fsp3) is 0.481. The van der Waals surface area contributed by atoms with E-state index in [1.807, 2.05) is 12.2 Å². The van der Waals surface area contributed by atoms with E-state index in [9.17, 15) is 14.3 Å². The molecule has 1 saturated carbocycles. The Morgan fingerprint density at radius 1 is 1.16 bits per heavy atom. The van der Waals surface area contributed by atoms with Crippen molar-refractivity contribution in [3.8, 4) is 11.1 Å². The first-order valence-corrected chi connectivity index (χ1v) is 11.8. The summed E-state index contributed by atoms with van der Waals surface area (Å²) >= 11 is 0. The van der Waals surface area contributed by atoms with Crippen molar-refractivity contribution in [3.63, 3.8) is 0 Å². The molecule has 2 fully saturated rings. The van der Waals surface area contributed by atoms with Crippen molar-refractivity contribution in [2.24, 2.45) is 0 Å². The van der Waals surface area contributed by atoms with Gasteiger partial charge in [0, 0.05) is 23.6 Å². The van der Waals surface area contributed by atoms with Crippen LogP contribution in [-0.2, 0) is 9.53 Å². The molecule has 0 bridgehead atoms. The van der Waals surface area contributed by atoms with E-state index in [0.29, 0.717) is 12.3 Å². The van der Waals surface area contributed by atoms with Gasteiger partial charge < -0.3 is 9.84 Å². The number of hydrogen-bond donors (Lipinski definition) is 1. The van der Waals surface area contributed by atoms with Crippen molar-refractivity contribution in [1.29, 1.82) is 0 Å². The Morgan fingerprint density at radius 2 is 1.88 bits per heavy atom. The molecule has 0 spiro atoms. The number of hydrogen-bond acceptors (Lipinski definition) is 4. The minimum atomic E-state index is -0.682. The highest BCUT2D eigenvalue weighted by atomic mass is 19.1. The van der Waals surface area contributed by atoms with Gasteiger partial charge in [0.2, 0.25) is 0 Å². The Labute approximate surface area is 189 Å². The number of aliphatic hydroxyl groups excluding tert-OH is 1. The summed E-state index contributed by atoms with van der Waals surface area (Å²) in [4.78, 5) is 16.9. The van der Waals surface area contributed by atoms with E-state index in [0.717, 1.165) is 40.9 Å². The predicted octanol–water partition coefficient (Wildman–Crippen LogP) is 6.14. The van der Waals surface area contributed by atoms with Crippen LogP contribution in [0, 0.1) is 5.82 Å². The van der Waals surface area contributed by atoms with Gasteiger partial charge in [-0.3, -0.25) is 9.78 Å². The van der Waals surface area contributed by atoms with Gasteiger partial charge in [-0.1, -0.05) is 51.3 Å². The van der Waals surface area contributed by atoms with Gasteiger partial charge in [0.25, 0.3) is 0 Å². The fourth-order valence-corrected chi connectivity index (χ4v) is 4.82. The first-order chi connectivity index (χ1) is 15.4. The molecule has 0 unspecified atom stereocenters. The lowest BCUT2D eigenvalue weighted by Gasteiger charge is -2.25. The highest BCUT2D eigenvalue weighted by molar-refractivity contribution is 5.78. The minimum Gasteiger partial charge on any atom is -0.458 e. The highest BCUT2D eigenvalue weighted by Crippen LogP contribution is 2.38. The molecule has 0 amide bonds. The van der Waals surface area contributed by atoms with E-state index in [-0.39, 0.29) is 24.1 Å². The molecule has 2 aromatic rings. The molecule has 4 rings (SSSR count). The molecular weight excluding hydrogens is 405 g/mol. The molecule has 5 heteroatoms. The Hall–Kier alpha value is -2.53. The van der Waals surface area contributed by atoms with Gasteiger partial charge in [-0.05, 0) is 54.2 Å². The van der Waals surface area contributed by atoms with Crippen LogP contribution in [0.4, 0.5) is 4.39 Å². The van der Waals surface area contributed by atoms with Gasteiger partial charge in [-0.2, -0.15) is 0 Å². The van der Waals surface area contributed by atoms with Crippen molar-refractivity contribution < 1.29 is 19.0 Å². The fourth-order valence-electron chi connectivity index (χ4n) is 4.82. The zero-order chi connectivity index (χ0) is 22.7. The zero-order valence-electron chi connectivity index (χ0n) is 18.9. The third-order valence-electron chi connectivity index (χ3n) is 6.50. The second-order valence-electron chi connectivity index (χ2n) is 9.37. The molecule has 1 N–H and O–H groups in total. The number of esters is 1. The number of rotatable bonds is 5. The Kier molecular flexibility index (Phi) is 7.04. The maximum atomic E-state index is 13.6. The van der Waals surface area contributed by atoms with Crippen LogP contribution in [0.5, 0.6) is 0 Å². The number of cyclic esters (lactones) is 1. The van der Waals surface area contributed by atoms with Crippen molar-refractivity contribution in [1.82, 2.24) is 4.98 Å². The highest BCUT2D eigenvalue weighted by Gasteiger charge is 2.26. The summed E-state index contributed by atoms with van der Waals surface area (Å²) in [5.41, 5.74) is 5.02. The number of carbonyl (C=O) groups excluding carboxylic acids is 1. The molecule has 32 heavy (non-hydrogen) atoms. The Morgan fingerprint density at radius 3 is 2.53 bits per heavy atom. The topological polar surface area (TPSA) is 59.4 Å². The number of pyridine rings is 1. The van der Waals surface area contributed by atoms with Crippen LogP contribution >= 0.6 is 0 Å². The molecule has 1 saturated heterocycles. The Bertz CT molecular complexity index is 977. The average Bonchev–Trinajstić information content (AvgIpc) is 2.77. The normalized spacial score (nSPS) is 22.5. The van der Waals surface area contributed by atoms with Crippen LogP contribution in [0.15, 0.2) is 36.4 Å². The van der Waals surface area contributed by atoms with Crippen LogP contribution in [0.1, 0.15) is 87.6 Å². The molecule has 2 heterocycles. The molecule has 4 nitrogen and oxygen atoms in total. The number of halogens is 1. The summed E-state index contributed by atoms with van der Waals surface area (Å²) in [6, 6.07) is 8.74. The van der Waals surface area contributed by atoms with Crippen LogP contribution in [0.25, 0.3) is 17.2 Å². The molecular formula is C27H32FNO3. The van der Waals surface area contributed by atoms with E-state index in [4.69, 9.17) is 9.72 Å². The van der Waals surface area contributed by atoms with E-state index in [1.165, 1.54) is 31.4 Å². The van der Waals surface area contributed by atoms with Gasteiger partial charge in [0.05, 0.1) is 18.2 Å². The number of nitrogens with zero attached hydrogens (tertiary/aromatic N) is 1. The van der Waals surface area contributed by atoms with E-state index in [2.05, 4.69) is 19.9 Å². The molecule has 1 aliphatic carbocycles. The zero-order valence-corrected chi connectivity index (χ0v) is 18.9. The second-order valence-corrected chi connectivity index (χ2v) is 9.37. The summed E-state index contributed by atoms with van der Waals surface area (Å²) in [5, 5.41) is 9.95. The third-order valence-corrected chi connectivity index (χ3v) is 6.50. The molecule has 1 aliphatic heterocycles. The SMILES string of the molecule is CC(C)c1nc(C2CCCCC2)cc(-c2ccc(F)cc2)c1/C=C/[C@@H]1C[C@@H](O)CC(=O)O1. The first-order valence-electron chi connectivity index (χ1n) is 11.8. The maximum absolute atomic E-state index is 13.6. The lowest BCUT2D eigenvalue weighted by Crippen LogP contribution is -2.31. The van der Waals surface area contributed by atoms with E-state index in [1.54, 1.807) is 12.1 Å². The lowest BCUT2D eigenvalue weighted by atomic mass is 9.84. The summed E-state index contributed by atoms with van der Waals surface area (Å²) in [5.74, 6) is -0.00332. The van der Waals surface area contributed by atoms with Crippen molar-refractivity contribution >= 4 is 12.0 Å². The summed E-state index contributed by atoms with van der Waals surface area (Å²) in [6.07, 6.45) is 9.13. The van der Waals surface area contributed by atoms with E-state index >= 15 is 0 Å². The number of benzene rings is 1. The summed E-state index contributed by atoms with van der Waals surface area (Å²) in [6.45, 7) is 4.26. The van der Waals surface area contributed by atoms with Crippen LogP contribution < -0.4 is 0 Å². The maximum Gasteiger partial charge on any atom is 0.309 e. The average molecular weight is 438 g/mol. The van der Waals surface area contributed by atoms with Crippen molar-refractivity contribution in [2.75, 3.05) is 0 Å². The Balaban J connectivity index is 1.79. The predicted molar refractivity (Wildman–Crippen MR) is 124 cm³/mol. The largest absolute Gasteiger partial charge is 0.458 e. The molecule has 1 aromatic carbocycles. The number of ether oxygens (including phenoxy) is 1. The van der Waals surface area contributed by atoms with Gasteiger partial charge >= 0.3 is 5.97 Å². The standard InChI is InChI=1S/C27H32FNO3/c1-17(2)27-23(13-12-22-14-21(30)15-26(31)32-22)24(18-8-10-20(28)11-9-18)16-25(29-27)19-6-4-3-5-7-19/h8-13,16-17,19,21-22,30H,3-7,14-15H2,1-2H3/b13-12+/t21-,22-/m1/s1. The van der Waals surface area contributed by atoms with Crippen molar-refractivity contribution in [3.05, 3.63) is 59.2 Å². The van der Waals surface area contributed by atoms with Gasteiger partial charge in [-0.15, -0.1) is 0 Å². The van der Waals surface area contributed by atoms with Crippen LogP contribution in [-0.4, -0.2) is 28.3 Å². The summed E-state index contributed by atoms with van der Waals surface area (Å²) in [7, 11) is 0. The second kappa shape index (κ2) is 9.95. The summed E-state index contributed by atoms with van der Waals surface area (Å²) < 4.78 is 19.0. The monoisotopic (exact) mass is 437 g/mol. The van der Waals surface area contributed by atoms with Gasteiger partial charge in [0.1, 0.15) is 11.9 Å². The molecule has 2 atom stereocenters. The van der Waals surface area contributed by atoms with Crippen LogP contribution in [0.2, 0.25) is 0 Å². The minimum absolute atomic E-state index is 0.0417.